The highest BCUT2D eigenvalue weighted by Crippen LogP contribution is 2.11. The number of rotatable bonds is 11. The van der Waals surface area contributed by atoms with Crippen molar-refractivity contribution in [2.45, 2.75) is 39.2 Å². The van der Waals surface area contributed by atoms with Crippen LogP contribution in [0.25, 0.3) is 0 Å². The van der Waals surface area contributed by atoms with Gasteiger partial charge in [-0.25, -0.2) is 4.79 Å². The minimum Gasteiger partial charge on any atom is -0.444 e. The van der Waals surface area contributed by atoms with Gasteiger partial charge in [0.25, 0.3) is 0 Å². The molecule has 0 atom stereocenters. The van der Waals surface area contributed by atoms with Gasteiger partial charge in [0.05, 0.1) is 0 Å². The number of hydrogen-bond donors (Lipinski definition) is 2. The van der Waals surface area contributed by atoms with E-state index >= 15 is 0 Å². The fourth-order valence-electron chi connectivity index (χ4n) is 3.17. The normalized spacial score (nSPS) is 16.1. The SMILES string of the molecule is CN=C(NCCCN1CCN(C(=O)OC(C)(C)C)CC1)NCCN(C)CCCOC. The predicted molar refractivity (Wildman–Crippen MR) is 122 cm³/mol. The average molecular weight is 429 g/mol. The minimum absolute atomic E-state index is 0.206. The lowest BCUT2D eigenvalue weighted by molar-refractivity contribution is 0.0145. The van der Waals surface area contributed by atoms with Gasteiger partial charge >= 0.3 is 6.09 Å². The number of hydrogen-bond acceptors (Lipinski definition) is 6. The number of likely N-dealkylation sites (N-methyl/N-ethyl adjacent to an activating group) is 1. The molecule has 1 aliphatic rings. The van der Waals surface area contributed by atoms with Gasteiger partial charge in [0, 0.05) is 73.1 Å². The topological polar surface area (TPSA) is 81.7 Å². The molecule has 2 N–H and O–H groups in total. The number of nitrogens with zero attached hydrogens (tertiary/aromatic N) is 4. The molecular formula is C21H44N6O3. The van der Waals surface area contributed by atoms with Crippen LogP contribution in [0.2, 0.25) is 0 Å². The van der Waals surface area contributed by atoms with E-state index in [4.69, 9.17) is 9.47 Å². The van der Waals surface area contributed by atoms with Gasteiger partial charge in [0.2, 0.25) is 0 Å². The molecule has 9 heteroatoms. The molecule has 1 aliphatic heterocycles. The summed E-state index contributed by atoms with van der Waals surface area (Å²) in [6, 6.07) is 0. The first kappa shape index (κ1) is 26.5. The highest BCUT2D eigenvalue weighted by molar-refractivity contribution is 5.79. The fourth-order valence-corrected chi connectivity index (χ4v) is 3.17. The smallest absolute Gasteiger partial charge is 0.410 e. The zero-order valence-corrected chi connectivity index (χ0v) is 20.0. The molecule has 9 nitrogen and oxygen atoms in total. The number of aliphatic imine (C=N–C) groups is 1. The van der Waals surface area contributed by atoms with Crippen molar-refractivity contribution < 1.29 is 14.3 Å². The van der Waals surface area contributed by atoms with Gasteiger partial charge in [0.15, 0.2) is 5.96 Å². The third-order valence-electron chi connectivity index (χ3n) is 4.87. The van der Waals surface area contributed by atoms with Crippen LogP contribution in [-0.4, -0.2) is 119 Å². The Morgan fingerprint density at radius 3 is 2.33 bits per heavy atom. The van der Waals surface area contributed by atoms with Crippen LogP contribution in [0.3, 0.4) is 0 Å². The third-order valence-corrected chi connectivity index (χ3v) is 4.87. The summed E-state index contributed by atoms with van der Waals surface area (Å²) < 4.78 is 10.5. The first-order valence-electron chi connectivity index (χ1n) is 11.1. The Bertz CT molecular complexity index is 501. The number of piperazine rings is 1. The standard InChI is InChI=1S/C21H44N6O3/c1-21(2,3)30-20(28)27-16-14-26(15-17-27)12-7-9-23-19(22-4)24-10-13-25(5)11-8-18-29-6/h7-18H2,1-6H3,(H2,22,23,24). The molecule has 0 aromatic rings. The van der Waals surface area contributed by atoms with E-state index < -0.39 is 5.60 Å². The molecule has 0 aromatic heterocycles. The van der Waals surface area contributed by atoms with Crippen LogP contribution >= 0.6 is 0 Å². The molecule has 0 spiro atoms. The van der Waals surface area contributed by atoms with Crippen molar-refractivity contribution in [3.8, 4) is 0 Å². The number of nitrogens with one attached hydrogen (secondary N) is 2. The molecule has 30 heavy (non-hydrogen) atoms. The monoisotopic (exact) mass is 428 g/mol. The highest BCUT2D eigenvalue weighted by atomic mass is 16.6. The molecule has 0 aliphatic carbocycles. The maximum atomic E-state index is 12.1. The molecule has 0 aromatic carbocycles. The Kier molecular flexibility index (Phi) is 12.7. The third kappa shape index (κ3) is 12.2. The van der Waals surface area contributed by atoms with Crippen LogP contribution in [0.15, 0.2) is 4.99 Å². The molecule has 1 saturated heterocycles. The Morgan fingerprint density at radius 1 is 1.07 bits per heavy atom. The van der Waals surface area contributed by atoms with E-state index in [0.717, 1.165) is 84.3 Å². The second-order valence-corrected chi connectivity index (χ2v) is 8.74. The Labute approximate surface area is 183 Å². The van der Waals surface area contributed by atoms with E-state index in [-0.39, 0.29) is 6.09 Å². The van der Waals surface area contributed by atoms with Crippen LogP contribution in [-0.2, 0) is 9.47 Å². The van der Waals surface area contributed by atoms with E-state index in [1.54, 1.807) is 19.1 Å². The van der Waals surface area contributed by atoms with Crippen molar-refractivity contribution in [2.75, 3.05) is 86.7 Å². The molecule has 0 saturated carbocycles. The van der Waals surface area contributed by atoms with Gasteiger partial charge in [-0.15, -0.1) is 0 Å². The minimum atomic E-state index is -0.439. The Morgan fingerprint density at radius 2 is 1.73 bits per heavy atom. The van der Waals surface area contributed by atoms with Gasteiger partial charge in [-0.05, 0) is 47.2 Å². The molecular weight excluding hydrogens is 384 g/mol. The van der Waals surface area contributed by atoms with E-state index in [9.17, 15) is 4.79 Å². The van der Waals surface area contributed by atoms with Gasteiger partial charge in [-0.2, -0.15) is 0 Å². The van der Waals surface area contributed by atoms with Crippen LogP contribution in [0.1, 0.15) is 33.6 Å². The van der Waals surface area contributed by atoms with Crippen LogP contribution < -0.4 is 10.6 Å². The summed E-state index contributed by atoms with van der Waals surface area (Å²) >= 11 is 0. The molecule has 176 valence electrons. The number of carbonyl (C=O) groups excluding carboxylic acids is 1. The van der Waals surface area contributed by atoms with Crippen molar-refractivity contribution in [1.82, 2.24) is 25.3 Å². The summed E-state index contributed by atoms with van der Waals surface area (Å²) in [6.45, 7) is 14.5. The first-order valence-corrected chi connectivity index (χ1v) is 11.1. The van der Waals surface area contributed by atoms with Crippen molar-refractivity contribution in [3.63, 3.8) is 0 Å². The van der Waals surface area contributed by atoms with E-state index in [2.05, 4.69) is 32.5 Å². The quantitative estimate of drug-likeness (QED) is 0.289. The lowest BCUT2D eigenvalue weighted by atomic mass is 10.2. The zero-order chi connectivity index (χ0) is 22.4. The maximum Gasteiger partial charge on any atom is 0.410 e. The average Bonchev–Trinajstić information content (AvgIpc) is 2.69. The summed E-state index contributed by atoms with van der Waals surface area (Å²) in [5, 5.41) is 6.74. The van der Waals surface area contributed by atoms with Crippen molar-refractivity contribution >= 4 is 12.1 Å². The number of amides is 1. The van der Waals surface area contributed by atoms with Gasteiger partial charge in [-0.3, -0.25) is 9.89 Å². The second-order valence-electron chi connectivity index (χ2n) is 8.74. The van der Waals surface area contributed by atoms with Gasteiger partial charge in [-0.1, -0.05) is 0 Å². The summed E-state index contributed by atoms with van der Waals surface area (Å²) in [5.41, 5.74) is -0.439. The number of methoxy groups -OCH3 is 1. The van der Waals surface area contributed by atoms with Crippen LogP contribution in [0.4, 0.5) is 4.79 Å². The van der Waals surface area contributed by atoms with E-state index in [1.165, 1.54) is 0 Å². The summed E-state index contributed by atoms with van der Waals surface area (Å²) in [7, 11) is 5.66. The lowest BCUT2D eigenvalue weighted by Gasteiger charge is -2.35. The van der Waals surface area contributed by atoms with Gasteiger partial charge < -0.3 is 29.9 Å². The van der Waals surface area contributed by atoms with Crippen molar-refractivity contribution in [1.29, 1.82) is 0 Å². The Balaban J connectivity index is 2.11. The molecule has 1 amide bonds. The van der Waals surface area contributed by atoms with Gasteiger partial charge in [0.1, 0.15) is 5.60 Å². The maximum absolute atomic E-state index is 12.1. The van der Waals surface area contributed by atoms with Crippen LogP contribution in [0, 0.1) is 0 Å². The predicted octanol–water partition coefficient (Wildman–Crippen LogP) is 1.06. The highest BCUT2D eigenvalue weighted by Gasteiger charge is 2.25. The van der Waals surface area contributed by atoms with E-state index in [1.807, 2.05) is 20.8 Å². The van der Waals surface area contributed by atoms with Crippen molar-refractivity contribution in [2.24, 2.45) is 4.99 Å². The zero-order valence-electron chi connectivity index (χ0n) is 20.0. The summed E-state index contributed by atoms with van der Waals surface area (Å²) in [5.74, 6) is 0.843. The summed E-state index contributed by atoms with van der Waals surface area (Å²) in [4.78, 5) is 22.9. The molecule has 1 heterocycles. The molecule has 0 bridgehead atoms. The largest absolute Gasteiger partial charge is 0.444 e. The molecule has 1 fully saturated rings. The lowest BCUT2D eigenvalue weighted by Crippen LogP contribution is -2.50. The fraction of sp³-hybridized carbons (Fsp3) is 0.905. The Hall–Kier alpha value is -1.58. The summed E-state index contributed by atoms with van der Waals surface area (Å²) in [6.07, 6.45) is 1.87. The molecule has 1 rings (SSSR count). The van der Waals surface area contributed by atoms with Crippen molar-refractivity contribution in [3.05, 3.63) is 0 Å². The molecule has 0 radical (unpaired) electrons. The number of ether oxygens (including phenoxy) is 2. The number of guanidine groups is 1. The molecule has 0 unspecified atom stereocenters. The second kappa shape index (κ2) is 14.4. The van der Waals surface area contributed by atoms with E-state index in [0.29, 0.717) is 0 Å². The first-order chi connectivity index (χ1) is 14.2. The number of carbonyl (C=O) groups is 1. The van der Waals surface area contributed by atoms with Crippen LogP contribution in [0.5, 0.6) is 0 Å².